The molecule has 1 aromatic heterocycles. The van der Waals surface area contributed by atoms with E-state index in [9.17, 15) is 4.79 Å². The summed E-state index contributed by atoms with van der Waals surface area (Å²) in [6.07, 6.45) is 1.75. The Labute approximate surface area is 140 Å². The van der Waals surface area contributed by atoms with Gasteiger partial charge in [-0.25, -0.2) is 0 Å². The third kappa shape index (κ3) is 3.03. The zero-order valence-corrected chi connectivity index (χ0v) is 14.0. The van der Waals surface area contributed by atoms with E-state index in [1.165, 1.54) is 0 Å². The van der Waals surface area contributed by atoms with Crippen molar-refractivity contribution in [1.29, 1.82) is 0 Å². The molecule has 3 aromatic rings. The quantitative estimate of drug-likeness (QED) is 0.740. The molecule has 0 unspecified atom stereocenters. The number of nitrogens with zero attached hydrogens (tertiary/aromatic N) is 1. The maximum atomic E-state index is 12.1. The van der Waals surface area contributed by atoms with E-state index in [0.717, 1.165) is 27.8 Å². The number of carbonyl (C=O) groups is 1. The first-order chi connectivity index (χ1) is 11.0. The molecule has 0 spiro atoms. The Morgan fingerprint density at radius 1 is 1.17 bits per heavy atom. The van der Waals surface area contributed by atoms with Gasteiger partial charge >= 0.3 is 0 Å². The summed E-state index contributed by atoms with van der Waals surface area (Å²) in [6.45, 7) is 2.00. The number of hydrogen-bond donors (Lipinski definition) is 2. The van der Waals surface area contributed by atoms with Crippen molar-refractivity contribution in [2.45, 2.75) is 6.92 Å². The van der Waals surface area contributed by atoms with Gasteiger partial charge in [0.15, 0.2) is 0 Å². The van der Waals surface area contributed by atoms with Gasteiger partial charge in [0.05, 0.1) is 16.3 Å². The SMILES string of the molecule is Cc1ccc(Nc2ccc3c(C(=O)N(C)C)c[nH]c3c2)c(Cl)c1. The summed E-state index contributed by atoms with van der Waals surface area (Å²) >= 11 is 6.26. The molecular weight excluding hydrogens is 310 g/mol. The van der Waals surface area contributed by atoms with E-state index in [1.54, 1.807) is 25.2 Å². The van der Waals surface area contributed by atoms with Crippen molar-refractivity contribution in [2.75, 3.05) is 19.4 Å². The molecule has 1 amide bonds. The predicted molar refractivity (Wildman–Crippen MR) is 95.8 cm³/mol. The molecule has 1 heterocycles. The molecule has 0 saturated heterocycles. The maximum Gasteiger partial charge on any atom is 0.255 e. The Morgan fingerprint density at radius 3 is 2.65 bits per heavy atom. The highest BCUT2D eigenvalue weighted by molar-refractivity contribution is 6.33. The summed E-state index contributed by atoms with van der Waals surface area (Å²) in [5.41, 5.74) is 4.46. The Morgan fingerprint density at radius 2 is 1.96 bits per heavy atom. The lowest BCUT2D eigenvalue weighted by Crippen LogP contribution is -2.21. The van der Waals surface area contributed by atoms with Crippen LogP contribution in [0.5, 0.6) is 0 Å². The summed E-state index contributed by atoms with van der Waals surface area (Å²) in [4.78, 5) is 16.9. The number of halogens is 1. The topological polar surface area (TPSA) is 48.1 Å². The first-order valence-electron chi connectivity index (χ1n) is 7.31. The number of benzene rings is 2. The van der Waals surface area contributed by atoms with Crippen molar-refractivity contribution < 1.29 is 4.79 Å². The van der Waals surface area contributed by atoms with Crippen molar-refractivity contribution >= 4 is 39.8 Å². The Bertz CT molecular complexity index is 883. The molecule has 23 heavy (non-hydrogen) atoms. The monoisotopic (exact) mass is 327 g/mol. The highest BCUT2D eigenvalue weighted by atomic mass is 35.5. The lowest BCUT2D eigenvalue weighted by atomic mass is 10.1. The first-order valence-corrected chi connectivity index (χ1v) is 7.69. The minimum absolute atomic E-state index is 0.0152. The Kier molecular flexibility index (Phi) is 4.01. The van der Waals surface area contributed by atoms with Crippen molar-refractivity contribution in [2.24, 2.45) is 0 Å². The van der Waals surface area contributed by atoms with E-state index in [4.69, 9.17) is 11.6 Å². The van der Waals surface area contributed by atoms with E-state index in [-0.39, 0.29) is 5.91 Å². The van der Waals surface area contributed by atoms with Gasteiger partial charge < -0.3 is 15.2 Å². The third-order valence-corrected chi connectivity index (χ3v) is 4.03. The van der Waals surface area contributed by atoms with E-state index in [2.05, 4.69) is 10.3 Å². The fraction of sp³-hybridized carbons (Fsp3) is 0.167. The van der Waals surface area contributed by atoms with E-state index in [0.29, 0.717) is 10.6 Å². The van der Waals surface area contributed by atoms with Gasteiger partial charge in [0.1, 0.15) is 0 Å². The van der Waals surface area contributed by atoms with E-state index >= 15 is 0 Å². The molecule has 0 aliphatic carbocycles. The molecule has 4 nitrogen and oxygen atoms in total. The number of anilines is 2. The lowest BCUT2D eigenvalue weighted by molar-refractivity contribution is 0.0829. The smallest absolute Gasteiger partial charge is 0.255 e. The number of aromatic nitrogens is 1. The molecule has 2 aromatic carbocycles. The van der Waals surface area contributed by atoms with Crippen LogP contribution in [-0.4, -0.2) is 29.9 Å². The average molecular weight is 328 g/mol. The molecule has 0 radical (unpaired) electrons. The van der Waals surface area contributed by atoms with Crippen LogP contribution in [-0.2, 0) is 0 Å². The number of nitrogens with one attached hydrogen (secondary N) is 2. The van der Waals surface area contributed by atoms with Gasteiger partial charge in [-0.05, 0) is 42.8 Å². The number of fused-ring (bicyclic) bond motifs is 1. The fourth-order valence-corrected chi connectivity index (χ4v) is 2.78. The van der Waals surface area contributed by atoms with Crippen molar-refractivity contribution in [1.82, 2.24) is 9.88 Å². The molecule has 0 atom stereocenters. The molecule has 0 aliphatic heterocycles. The molecule has 118 valence electrons. The fourth-order valence-electron chi connectivity index (χ4n) is 2.50. The van der Waals surface area contributed by atoms with Gasteiger partial charge in [0.2, 0.25) is 0 Å². The lowest BCUT2D eigenvalue weighted by Gasteiger charge is -2.10. The molecule has 2 N–H and O–H groups in total. The number of H-pyrrole nitrogens is 1. The van der Waals surface area contributed by atoms with E-state index in [1.807, 2.05) is 43.3 Å². The molecule has 5 heteroatoms. The second-order valence-corrected chi connectivity index (χ2v) is 6.18. The zero-order chi connectivity index (χ0) is 16.6. The van der Waals surface area contributed by atoms with Gasteiger partial charge in [-0.2, -0.15) is 0 Å². The van der Waals surface area contributed by atoms with Crippen molar-refractivity contribution in [3.8, 4) is 0 Å². The number of aromatic amines is 1. The zero-order valence-electron chi connectivity index (χ0n) is 13.3. The number of amides is 1. The average Bonchev–Trinajstić information content (AvgIpc) is 2.92. The highest BCUT2D eigenvalue weighted by Crippen LogP contribution is 2.29. The second kappa shape index (κ2) is 5.97. The number of carbonyl (C=O) groups excluding carboxylic acids is 1. The molecule has 0 aliphatic rings. The molecule has 3 rings (SSSR count). The number of hydrogen-bond acceptors (Lipinski definition) is 2. The minimum atomic E-state index is -0.0152. The van der Waals surface area contributed by atoms with Gasteiger partial charge in [0.25, 0.3) is 5.91 Å². The second-order valence-electron chi connectivity index (χ2n) is 5.77. The summed E-state index contributed by atoms with van der Waals surface area (Å²) in [5.74, 6) is -0.0152. The normalized spacial score (nSPS) is 10.8. The molecular formula is C18H18ClN3O. The van der Waals surface area contributed by atoms with Crippen LogP contribution >= 0.6 is 11.6 Å². The van der Waals surface area contributed by atoms with Crippen LogP contribution in [0.15, 0.2) is 42.6 Å². The Balaban J connectivity index is 1.93. The summed E-state index contributed by atoms with van der Waals surface area (Å²) in [5, 5.41) is 4.89. The molecule has 0 fully saturated rings. The number of aryl methyl sites for hydroxylation is 1. The van der Waals surface area contributed by atoms with Crippen LogP contribution in [0.1, 0.15) is 15.9 Å². The third-order valence-electron chi connectivity index (χ3n) is 3.72. The number of rotatable bonds is 3. The van der Waals surface area contributed by atoms with Crippen LogP contribution in [0, 0.1) is 6.92 Å². The largest absolute Gasteiger partial charge is 0.360 e. The minimum Gasteiger partial charge on any atom is -0.360 e. The van der Waals surface area contributed by atoms with Crippen LogP contribution < -0.4 is 5.32 Å². The summed E-state index contributed by atoms with van der Waals surface area (Å²) in [6, 6.07) is 11.7. The Hall–Kier alpha value is -2.46. The van der Waals surface area contributed by atoms with Gasteiger partial charge in [0, 0.05) is 36.9 Å². The molecule has 0 saturated carbocycles. The highest BCUT2D eigenvalue weighted by Gasteiger charge is 2.14. The van der Waals surface area contributed by atoms with Crippen molar-refractivity contribution in [3.63, 3.8) is 0 Å². The van der Waals surface area contributed by atoms with Crippen molar-refractivity contribution in [3.05, 3.63) is 58.7 Å². The first kappa shape index (κ1) is 15.4. The van der Waals surface area contributed by atoms with Gasteiger partial charge in [-0.1, -0.05) is 17.7 Å². The molecule has 0 bridgehead atoms. The van der Waals surface area contributed by atoms with Crippen LogP contribution in [0.3, 0.4) is 0 Å². The van der Waals surface area contributed by atoms with Gasteiger partial charge in [-0.3, -0.25) is 4.79 Å². The van der Waals surface area contributed by atoms with E-state index < -0.39 is 0 Å². The van der Waals surface area contributed by atoms with Crippen LogP contribution in [0.25, 0.3) is 10.9 Å². The maximum absolute atomic E-state index is 12.1. The van der Waals surface area contributed by atoms with Crippen LogP contribution in [0.4, 0.5) is 11.4 Å². The van der Waals surface area contributed by atoms with Gasteiger partial charge in [-0.15, -0.1) is 0 Å². The van der Waals surface area contributed by atoms with Crippen LogP contribution in [0.2, 0.25) is 5.02 Å². The standard InChI is InChI=1S/C18H18ClN3O/c1-11-4-7-16(15(19)8-11)21-12-5-6-13-14(18(23)22(2)3)10-20-17(13)9-12/h4-10,20-21H,1-3H3. The predicted octanol–water partition coefficient (Wildman–Crippen LogP) is 4.58. The summed E-state index contributed by atoms with van der Waals surface area (Å²) in [7, 11) is 3.49. The summed E-state index contributed by atoms with van der Waals surface area (Å²) < 4.78 is 0.